The summed E-state index contributed by atoms with van der Waals surface area (Å²) < 4.78 is 5.15. The van der Waals surface area contributed by atoms with Gasteiger partial charge in [0.2, 0.25) is 5.91 Å². The van der Waals surface area contributed by atoms with Crippen LogP contribution in [0.25, 0.3) is 11.1 Å². The summed E-state index contributed by atoms with van der Waals surface area (Å²) in [7, 11) is 0. The number of esters is 1. The average molecular weight is 416 g/mol. The van der Waals surface area contributed by atoms with Gasteiger partial charge in [-0.2, -0.15) is 0 Å². The fourth-order valence-electron chi connectivity index (χ4n) is 3.20. The van der Waals surface area contributed by atoms with Crippen LogP contribution in [0.4, 0.5) is 5.69 Å². The Balaban J connectivity index is 1.58. The van der Waals surface area contributed by atoms with E-state index in [0.29, 0.717) is 5.69 Å². The first-order chi connectivity index (χ1) is 15.0. The van der Waals surface area contributed by atoms with Crippen molar-refractivity contribution in [2.24, 2.45) is 0 Å². The van der Waals surface area contributed by atoms with Crippen molar-refractivity contribution < 1.29 is 19.1 Å². The minimum absolute atomic E-state index is 0.0719. The summed E-state index contributed by atoms with van der Waals surface area (Å²) in [5, 5.41) is 5.54. The highest BCUT2D eigenvalue weighted by Crippen LogP contribution is 2.27. The van der Waals surface area contributed by atoms with Crippen LogP contribution in [-0.4, -0.2) is 24.4 Å². The van der Waals surface area contributed by atoms with Crippen LogP contribution in [0.3, 0.4) is 0 Å². The summed E-state index contributed by atoms with van der Waals surface area (Å²) in [4.78, 5) is 36.2. The predicted octanol–water partition coefficient (Wildman–Crippen LogP) is 4.10. The topological polar surface area (TPSA) is 84.5 Å². The Bertz CT molecular complexity index is 1040. The molecule has 0 spiro atoms. The van der Waals surface area contributed by atoms with E-state index in [1.165, 1.54) is 6.92 Å². The Hall–Kier alpha value is -3.93. The van der Waals surface area contributed by atoms with Gasteiger partial charge in [-0.15, -0.1) is 0 Å². The van der Waals surface area contributed by atoms with Crippen molar-refractivity contribution in [2.75, 3.05) is 11.9 Å². The fourth-order valence-corrected chi connectivity index (χ4v) is 3.20. The van der Waals surface area contributed by atoms with Gasteiger partial charge in [0.05, 0.1) is 12.5 Å². The molecule has 3 rings (SSSR count). The van der Waals surface area contributed by atoms with Crippen molar-refractivity contribution in [3.8, 4) is 11.1 Å². The van der Waals surface area contributed by atoms with Crippen molar-refractivity contribution >= 4 is 23.5 Å². The van der Waals surface area contributed by atoms with Crippen molar-refractivity contribution in [1.82, 2.24) is 5.32 Å². The highest BCUT2D eigenvalue weighted by Gasteiger charge is 2.19. The van der Waals surface area contributed by atoms with E-state index in [-0.39, 0.29) is 12.3 Å². The van der Waals surface area contributed by atoms with Gasteiger partial charge >= 0.3 is 5.97 Å². The lowest BCUT2D eigenvalue weighted by molar-refractivity contribution is -0.148. The Labute approximate surface area is 181 Å². The van der Waals surface area contributed by atoms with E-state index in [2.05, 4.69) is 10.6 Å². The summed E-state index contributed by atoms with van der Waals surface area (Å²) in [5.74, 6) is -1.27. The highest BCUT2D eigenvalue weighted by molar-refractivity contribution is 5.96. The lowest BCUT2D eigenvalue weighted by atomic mass is 10.0. The van der Waals surface area contributed by atoms with Gasteiger partial charge in [-0.25, -0.2) is 0 Å². The van der Waals surface area contributed by atoms with Crippen LogP contribution in [0.1, 0.15) is 24.9 Å². The maximum atomic E-state index is 12.4. The molecule has 0 aromatic heterocycles. The Morgan fingerprint density at radius 2 is 1.45 bits per heavy atom. The Morgan fingerprint density at radius 3 is 2.13 bits per heavy atom. The molecule has 0 aliphatic carbocycles. The third kappa shape index (κ3) is 6.54. The lowest BCUT2D eigenvalue weighted by Crippen LogP contribution is -2.29. The number of amides is 2. The molecule has 0 saturated carbocycles. The molecule has 2 amide bonds. The van der Waals surface area contributed by atoms with Gasteiger partial charge in [-0.3, -0.25) is 14.4 Å². The standard InChI is InChI=1S/C25H24N2O4/c1-18(28)26-23(20-12-6-3-7-13-20)16-25(30)31-17-24(29)27-22-15-9-8-14-21(22)19-10-4-2-5-11-19/h2-15,23H,16-17H2,1H3,(H,26,28)(H,27,29)/t23-/m0/s1. The van der Waals surface area contributed by atoms with Crippen LogP contribution < -0.4 is 10.6 Å². The van der Waals surface area contributed by atoms with Gasteiger partial charge in [0.15, 0.2) is 6.61 Å². The molecule has 0 fully saturated rings. The number of benzene rings is 3. The van der Waals surface area contributed by atoms with Gasteiger partial charge in [0, 0.05) is 18.2 Å². The molecule has 6 heteroatoms. The molecule has 0 unspecified atom stereocenters. The zero-order valence-corrected chi connectivity index (χ0v) is 17.2. The molecule has 3 aromatic carbocycles. The maximum Gasteiger partial charge on any atom is 0.308 e. The predicted molar refractivity (Wildman–Crippen MR) is 119 cm³/mol. The number of carbonyl (C=O) groups is 3. The molecule has 0 aliphatic heterocycles. The van der Waals surface area contributed by atoms with Gasteiger partial charge in [0.1, 0.15) is 0 Å². The molecule has 158 valence electrons. The van der Waals surface area contributed by atoms with E-state index in [0.717, 1.165) is 16.7 Å². The molecule has 0 saturated heterocycles. The summed E-state index contributed by atoms with van der Waals surface area (Å²) in [5.41, 5.74) is 3.26. The van der Waals surface area contributed by atoms with Gasteiger partial charge in [-0.1, -0.05) is 78.9 Å². The van der Waals surface area contributed by atoms with Crippen molar-refractivity contribution in [3.63, 3.8) is 0 Å². The quantitative estimate of drug-likeness (QED) is 0.542. The number of para-hydroxylation sites is 1. The molecule has 6 nitrogen and oxygen atoms in total. The highest BCUT2D eigenvalue weighted by atomic mass is 16.5. The van der Waals surface area contributed by atoms with E-state index >= 15 is 0 Å². The molecule has 2 N–H and O–H groups in total. The number of hydrogen-bond acceptors (Lipinski definition) is 4. The van der Waals surface area contributed by atoms with Crippen molar-refractivity contribution in [2.45, 2.75) is 19.4 Å². The van der Waals surface area contributed by atoms with Crippen LogP contribution in [0.2, 0.25) is 0 Å². The minimum atomic E-state index is -0.575. The molecule has 3 aromatic rings. The SMILES string of the molecule is CC(=O)N[C@@H](CC(=O)OCC(=O)Nc1ccccc1-c1ccccc1)c1ccccc1. The number of carbonyl (C=O) groups excluding carboxylic acids is 3. The summed E-state index contributed by atoms with van der Waals surface area (Å²) in [6.07, 6.45) is -0.0719. The molecular weight excluding hydrogens is 392 g/mol. The van der Waals surface area contributed by atoms with Crippen molar-refractivity contribution in [3.05, 3.63) is 90.5 Å². The van der Waals surface area contributed by atoms with Crippen LogP contribution in [0.5, 0.6) is 0 Å². The molecule has 31 heavy (non-hydrogen) atoms. The first-order valence-corrected chi connectivity index (χ1v) is 9.95. The van der Waals surface area contributed by atoms with E-state index < -0.39 is 24.5 Å². The number of nitrogens with one attached hydrogen (secondary N) is 2. The maximum absolute atomic E-state index is 12.4. The van der Waals surface area contributed by atoms with Crippen LogP contribution in [0.15, 0.2) is 84.9 Å². The zero-order valence-electron chi connectivity index (χ0n) is 17.2. The minimum Gasteiger partial charge on any atom is -0.455 e. The Kier molecular flexibility index (Phi) is 7.54. The molecule has 0 heterocycles. The summed E-state index contributed by atoms with van der Waals surface area (Å²) in [6.45, 7) is 0.975. The van der Waals surface area contributed by atoms with Crippen LogP contribution in [-0.2, 0) is 19.1 Å². The van der Waals surface area contributed by atoms with Crippen LogP contribution >= 0.6 is 0 Å². The van der Waals surface area contributed by atoms with Gasteiger partial charge in [0.25, 0.3) is 5.91 Å². The third-order valence-electron chi connectivity index (χ3n) is 4.60. The van der Waals surface area contributed by atoms with E-state index in [1.807, 2.05) is 78.9 Å². The third-order valence-corrected chi connectivity index (χ3v) is 4.60. The second-order valence-electron chi connectivity index (χ2n) is 6.99. The van der Waals surface area contributed by atoms with Gasteiger partial charge in [-0.05, 0) is 17.2 Å². The van der Waals surface area contributed by atoms with Gasteiger partial charge < -0.3 is 15.4 Å². The van der Waals surface area contributed by atoms with E-state index in [1.54, 1.807) is 6.07 Å². The summed E-state index contributed by atoms with van der Waals surface area (Å²) in [6, 6.07) is 25.7. The Morgan fingerprint density at radius 1 is 0.839 bits per heavy atom. The second kappa shape index (κ2) is 10.7. The largest absolute Gasteiger partial charge is 0.455 e. The molecule has 0 radical (unpaired) electrons. The fraction of sp³-hybridized carbons (Fsp3) is 0.160. The summed E-state index contributed by atoms with van der Waals surface area (Å²) >= 11 is 0. The smallest absolute Gasteiger partial charge is 0.308 e. The molecule has 0 aliphatic rings. The lowest BCUT2D eigenvalue weighted by Gasteiger charge is -2.17. The van der Waals surface area contributed by atoms with E-state index in [9.17, 15) is 14.4 Å². The normalized spacial score (nSPS) is 11.3. The van der Waals surface area contributed by atoms with Crippen molar-refractivity contribution in [1.29, 1.82) is 0 Å². The van der Waals surface area contributed by atoms with Crippen LogP contribution in [0, 0.1) is 0 Å². The number of hydrogen-bond donors (Lipinski definition) is 2. The molecule has 0 bridgehead atoms. The first-order valence-electron chi connectivity index (χ1n) is 9.95. The monoisotopic (exact) mass is 416 g/mol. The molecule has 1 atom stereocenters. The van der Waals surface area contributed by atoms with E-state index in [4.69, 9.17) is 4.74 Å². The number of rotatable bonds is 8. The average Bonchev–Trinajstić information content (AvgIpc) is 2.78. The molecular formula is C25H24N2O4. The number of anilines is 1. The second-order valence-corrected chi connectivity index (χ2v) is 6.99. The number of ether oxygens (including phenoxy) is 1. The first kappa shape index (κ1) is 21.8. The zero-order chi connectivity index (χ0) is 22.1.